The molecule has 24 heavy (non-hydrogen) atoms. The van der Waals surface area contributed by atoms with E-state index in [1.54, 1.807) is 22.8 Å². The second-order valence-corrected chi connectivity index (χ2v) is 6.62. The lowest BCUT2D eigenvalue weighted by molar-refractivity contribution is 0.893. The van der Waals surface area contributed by atoms with Crippen LogP contribution in [0.2, 0.25) is 5.02 Å². The summed E-state index contributed by atoms with van der Waals surface area (Å²) in [4.78, 5) is 8.82. The summed E-state index contributed by atoms with van der Waals surface area (Å²) in [5, 5.41) is 7.05. The molecule has 4 nitrogen and oxygen atoms in total. The number of hydrogen-bond donors (Lipinski definition) is 0. The highest BCUT2D eigenvalue weighted by Crippen LogP contribution is 2.28. The maximum atomic E-state index is 5.96. The molecule has 0 atom stereocenters. The maximum Gasteiger partial charge on any atom is 0.167 e. The van der Waals surface area contributed by atoms with Gasteiger partial charge in [-0.2, -0.15) is 5.10 Å². The van der Waals surface area contributed by atoms with Crippen LogP contribution in [-0.4, -0.2) is 19.7 Å². The van der Waals surface area contributed by atoms with Gasteiger partial charge < -0.3 is 0 Å². The lowest BCUT2D eigenvalue weighted by Crippen LogP contribution is -1.97. The van der Waals surface area contributed by atoms with Crippen LogP contribution in [0.1, 0.15) is 5.56 Å². The number of aromatic nitrogens is 4. The van der Waals surface area contributed by atoms with E-state index < -0.39 is 0 Å². The fraction of sp³-hybridized carbons (Fsp3) is 0.0556. The van der Waals surface area contributed by atoms with Crippen LogP contribution in [0.4, 0.5) is 0 Å². The Morgan fingerprint density at radius 2 is 1.75 bits per heavy atom. The van der Waals surface area contributed by atoms with Crippen LogP contribution >= 0.6 is 23.4 Å². The fourth-order valence-electron chi connectivity index (χ4n) is 2.43. The van der Waals surface area contributed by atoms with Crippen LogP contribution in [0.25, 0.3) is 16.7 Å². The van der Waals surface area contributed by atoms with Crippen molar-refractivity contribution in [2.45, 2.75) is 10.8 Å². The molecule has 0 aliphatic rings. The highest BCUT2D eigenvalue weighted by Gasteiger charge is 2.11. The predicted molar refractivity (Wildman–Crippen MR) is 97.7 cm³/mol. The van der Waals surface area contributed by atoms with E-state index in [-0.39, 0.29) is 0 Å². The standard InChI is InChI=1S/C18H13ClN4S/c19-14-6-8-15(9-7-14)23-17-16(10-22-23)18(21-12-20-17)24-11-13-4-2-1-3-5-13/h1-10,12H,11H2. The van der Waals surface area contributed by atoms with Crippen LogP contribution < -0.4 is 0 Å². The highest BCUT2D eigenvalue weighted by atomic mass is 35.5. The summed E-state index contributed by atoms with van der Waals surface area (Å²) >= 11 is 7.65. The van der Waals surface area contributed by atoms with Gasteiger partial charge in [0.15, 0.2) is 5.65 Å². The topological polar surface area (TPSA) is 43.6 Å². The first-order valence-corrected chi connectivity index (χ1v) is 8.79. The molecule has 118 valence electrons. The van der Waals surface area contributed by atoms with Gasteiger partial charge in [-0.05, 0) is 29.8 Å². The summed E-state index contributed by atoms with van der Waals surface area (Å²) in [6, 6.07) is 17.9. The normalized spacial score (nSPS) is 11.0. The molecule has 0 saturated carbocycles. The molecular formula is C18H13ClN4S. The smallest absolute Gasteiger partial charge is 0.167 e. The molecule has 0 N–H and O–H groups in total. The van der Waals surface area contributed by atoms with Crippen molar-refractivity contribution in [3.63, 3.8) is 0 Å². The van der Waals surface area contributed by atoms with Crippen molar-refractivity contribution in [3.8, 4) is 5.69 Å². The monoisotopic (exact) mass is 352 g/mol. The predicted octanol–water partition coefficient (Wildman–Crippen LogP) is 4.76. The van der Waals surface area contributed by atoms with Gasteiger partial charge in [-0.3, -0.25) is 0 Å². The fourth-order valence-corrected chi connectivity index (χ4v) is 3.48. The van der Waals surface area contributed by atoms with E-state index in [0.717, 1.165) is 27.5 Å². The highest BCUT2D eigenvalue weighted by molar-refractivity contribution is 7.98. The van der Waals surface area contributed by atoms with Crippen LogP contribution in [-0.2, 0) is 5.75 Å². The van der Waals surface area contributed by atoms with Crippen molar-refractivity contribution in [2.24, 2.45) is 0 Å². The number of fused-ring (bicyclic) bond motifs is 1. The molecule has 0 saturated heterocycles. The zero-order valence-corrected chi connectivity index (χ0v) is 14.2. The van der Waals surface area contributed by atoms with Crippen molar-refractivity contribution < 1.29 is 0 Å². The molecule has 0 spiro atoms. The molecule has 0 amide bonds. The molecule has 6 heteroatoms. The molecule has 0 aliphatic carbocycles. The van der Waals surface area contributed by atoms with Gasteiger partial charge in [0.2, 0.25) is 0 Å². The zero-order valence-electron chi connectivity index (χ0n) is 12.6. The number of rotatable bonds is 4. The molecule has 0 fully saturated rings. The van der Waals surface area contributed by atoms with Gasteiger partial charge in [0.05, 0.1) is 17.3 Å². The minimum atomic E-state index is 0.698. The summed E-state index contributed by atoms with van der Waals surface area (Å²) < 4.78 is 1.81. The van der Waals surface area contributed by atoms with Gasteiger partial charge in [-0.1, -0.05) is 41.9 Å². The van der Waals surface area contributed by atoms with E-state index >= 15 is 0 Å². The third-order valence-corrected chi connectivity index (χ3v) is 4.95. The quantitative estimate of drug-likeness (QED) is 0.392. The Morgan fingerprint density at radius 3 is 2.54 bits per heavy atom. The molecule has 0 bridgehead atoms. The van der Waals surface area contributed by atoms with Crippen molar-refractivity contribution in [3.05, 3.63) is 77.7 Å². The van der Waals surface area contributed by atoms with Gasteiger partial charge in [0.25, 0.3) is 0 Å². The van der Waals surface area contributed by atoms with Gasteiger partial charge >= 0.3 is 0 Å². The number of benzene rings is 2. The molecule has 0 radical (unpaired) electrons. The lowest BCUT2D eigenvalue weighted by atomic mass is 10.2. The van der Waals surface area contributed by atoms with Crippen LogP contribution in [0.5, 0.6) is 0 Å². The average Bonchev–Trinajstić information content (AvgIpc) is 3.06. The van der Waals surface area contributed by atoms with Crippen LogP contribution in [0.15, 0.2) is 72.1 Å². The van der Waals surface area contributed by atoms with E-state index in [9.17, 15) is 0 Å². The zero-order chi connectivity index (χ0) is 16.4. The van der Waals surface area contributed by atoms with Crippen molar-refractivity contribution in [1.29, 1.82) is 0 Å². The Hall–Kier alpha value is -2.37. The van der Waals surface area contributed by atoms with Gasteiger partial charge in [0, 0.05) is 10.8 Å². The van der Waals surface area contributed by atoms with Gasteiger partial charge in [-0.25, -0.2) is 14.6 Å². The minimum Gasteiger partial charge on any atom is -0.229 e. The van der Waals surface area contributed by atoms with Gasteiger partial charge in [0.1, 0.15) is 11.4 Å². The van der Waals surface area contributed by atoms with E-state index in [0.29, 0.717) is 5.02 Å². The number of nitrogens with zero attached hydrogens (tertiary/aromatic N) is 4. The van der Waals surface area contributed by atoms with E-state index in [1.165, 1.54) is 5.56 Å². The third kappa shape index (κ3) is 3.00. The molecule has 4 aromatic rings. The van der Waals surface area contributed by atoms with Crippen molar-refractivity contribution in [1.82, 2.24) is 19.7 Å². The molecule has 2 heterocycles. The summed E-state index contributed by atoms with van der Waals surface area (Å²) in [6.45, 7) is 0. The van der Waals surface area contributed by atoms with E-state index in [1.807, 2.05) is 48.7 Å². The molecule has 0 unspecified atom stereocenters. The Labute approximate surface area is 148 Å². The third-order valence-electron chi connectivity index (χ3n) is 3.62. The molecule has 2 aromatic heterocycles. The van der Waals surface area contributed by atoms with Crippen molar-refractivity contribution >= 4 is 34.4 Å². The summed E-state index contributed by atoms with van der Waals surface area (Å²) in [5.74, 6) is 0.860. The minimum absolute atomic E-state index is 0.698. The second-order valence-electron chi connectivity index (χ2n) is 5.22. The van der Waals surface area contributed by atoms with Crippen molar-refractivity contribution in [2.75, 3.05) is 0 Å². The van der Waals surface area contributed by atoms with Gasteiger partial charge in [-0.15, -0.1) is 11.8 Å². The number of halogens is 1. The summed E-state index contributed by atoms with van der Waals surface area (Å²) in [5.41, 5.74) is 2.98. The Kier molecular flexibility index (Phi) is 4.19. The van der Waals surface area contributed by atoms with E-state index in [4.69, 9.17) is 11.6 Å². The van der Waals surface area contributed by atoms with Crippen LogP contribution in [0, 0.1) is 0 Å². The second kappa shape index (κ2) is 6.63. The molecule has 2 aromatic carbocycles. The maximum absolute atomic E-state index is 5.96. The molecule has 0 aliphatic heterocycles. The Bertz CT molecular complexity index is 967. The number of thioether (sulfide) groups is 1. The van der Waals surface area contributed by atoms with E-state index in [2.05, 4.69) is 27.2 Å². The van der Waals surface area contributed by atoms with Crippen LogP contribution in [0.3, 0.4) is 0 Å². The average molecular weight is 353 g/mol. The number of hydrogen-bond acceptors (Lipinski definition) is 4. The molecular weight excluding hydrogens is 340 g/mol. The first kappa shape index (κ1) is 15.2. The first-order valence-electron chi connectivity index (χ1n) is 7.43. The largest absolute Gasteiger partial charge is 0.229 e. The first-order chi connectivity index (χ1) is 11.8. The summed E-state index contributed by atoms with van der Waals surface area (Å²) in [6.07, 6.45) is 3.40. The molecule has 4 rings (SSSR count). The summed E-state index contributed by atoms with van der Waals surface area (Å²) in [7, 11) is 0. The Balaban J connectivity index is 1.67. The SMILES string of the molecule is Clc1ccc(-n2ncc3c(SCc4ccccc4)ncnc32)cc1. The Morgan fingerprint density at radius 1 is 0.958 bits per heavy atom. The lowest BCUT2D eigenvalue weighted by Gasteiger charge is -2.04.